The minimum atomic E-state index is -0.973. The van der Waals surface area contributed by atoms with Gasteiger partial charge in [-0.25, -0.2) is 14.5 Å². The number of carbonyl (C=O) groups is 1. The van der Waals surface area contributed by atoms with Gasteiger partial charge in [0.05, 0.1) is 17.4 Å². The van der Waals surface area contributed by atoms with Crippen LogP contribution in [0.4, 0.5) is 5.82 Å². The van der Waals surface area contributed by atoms with E-state index in [1.807, 2.05) is 25.3 Å². The molecule has 3 aromatic rings. The molecule has 6 heteroatoms. The summed E-state index contributed by atoms with van der Waals surface area (Å²) in [5, 5.41) is 16.7. The predicted molar refractivity (Wildman–Crippen MR) is 86.8 cm³/mol. The van der Waals surface area contributed by atoms with Crippen molar-refractivity contribution in [3.05, 3.63) is 71.7 Å². The number of rotatable bonds is 5. The van der Waals surface area contributed by atoms with Crippen LogP contribution >= 0.6 is 0 Å². The maximum absolute atomic E-state index is 11.3. The third-order valence-corrected chi connectivity index (χ3v) is 3.40. The van der Waals surface area contributed by atoms with Crippen LogP contribution in [0.15, 0.2) is 55.0 Å². The van der Waals surface area contributed by atoms with Crippen LogP contribution in [-0.4, -0.2) is 25.8 Å². The molecule has 0 amide bonds. The number of pyridine rings is 1. The van der Waals surface area contributed by atoms with Gasteiger partial charge >= 0.3 is 5.97 Å². The molecule has 0 aliphatic heterocycles. The Balaban J connectivity index is 1.76. The first-order valence-corrected chi connectivity index (χ1v) is 7.16. The molecule has 2 heterocycles. The summed E-state index contributed by atoms with van der Waals surface area (Å²) in [6, 6.07) is 10.7. The number of aryl methyl sites for hydroxylation is 1. The van der Waals surface area contributed by atoms with Crippen molar-refractivity contribution < 1.29 is 9.90 Å². The van der Waals surface area contributed by atoms with Gasteiger partial charge in [-0.1, -0.05) is 18.2 Å². The minimum Gasteiger partial charge on any atom is -0.478 e. The second-order valence-corrected chi connectivity index (χ2v) is 5.19. The average Bonchev–Trinajstić information content (AvgIpc) is 3.03. The Morgan fingerprint density at radius 1 is 1.22 bits per heavy atom. The first-order valence-electron chi connectivity index (χ1n) is 7.16. The van der Waals surface area contributed by atoms with E-state index in [0.29, 0.717) is 12.2 Å². The average molecular weight is 308 g/mol. The van der Waals surface area contributed by atoms with Crippen LogP contribution in [-0.2, 0) is 6.54 Å². The third-order valence-electron chi connectivity index (χ3n) is 3.40. The molecule has 6 nitrogen and oxygen atoms in total. The number of anilines is 1. The lowest BCUT2D eigenvalue weighted by Crippen LogP contribution is -2.05. The van der Waals surface area contributed by atoms with E-state index in [9.17, 15) is 9.90 Å². The quantitative estimate of drug-likeness (QED) is 0.757. The van der Waals surface area contributed by atoms with Crippen molar-refractivity contribution >= 4 is 11.8 Å². The Labute approximate surface area is 133 Å². The minimum absolute atomic E-state index is 0.218. The van der Waals surface area contributed by atoms with Gasteiger partial charge in [0.25, 0.3) is 0 Å². The number of aromatic nitrogens is 3. The number of carboxylic acid groups (broad SMARTS) is 1. The molecule has 3 rings (SSSR count). The number of benzene rings is 1. The van der Waals surface area contributed by atoms with Crippen molar-refractivity contribution in [2.75, 3.05) is 5.32 Å². The lowest BCUT2D eigenvalue weighted by Gasteiger charge is -2.05. The van der Waals surface area contributed by atoms with Gasteiger partial charge in [-0.15, -0.1) is 0 Å². The van der Waals surface area contributed by atoms with Gasteiger partial charge < -0.3 is 10.4 Å². The zero-order valence-corrected chi connectivity index (χ0v) is 12.6. The van der Waals surface area contributed by atoms with Crippen LogP contribution in [0.25, 0.3) is 5.69 Å². The lowest BCUT2D eigenvalue weighted by molar-refractivity contribution is 0.0696. The van der Waals surface area contributed by atoms with Crippen molar-refractivity contribution in [3.8, 4) is 5.69 Å². The normalized spacial score (nSPS) is 10.5. The Morgan fingerprint density at radius 3 is 2.78 bits per heavy atom. The van der Waals surface area contributed by atoms with Gasteiger partial charge in [-0.2, -0.15) is 5.10 Å². The van der Waals surface area contributed by atoms with Gasteiger partial charge in [0, 0.05) is 24.5 Å². The number of hydrogen-bond donors (Lipinski definition) is 2. The molecular formula is C17H16N4O2. The number of nitrogens with zero attached hydrogens (tertiary/aromatic N) is 3. The molecule has 0 fully saturated rings. The topological polar surface area (TPSA) is 80.0 Å². The second kappa shape index (κ2) is 6.31. The molecule has 0 radical (unpaired) electrons. The van der Waals surface area contributed by atoms with Crippen LogP contribution in [0.5, 0.6) is 0 Å². The summed E-state index contributed by atoms with van der Waals surface area (Å²) in [7, 11) is 0. The van der Waals surface area contributed by atoms with Crippen molar-refractivity contribution in [1.29, 1.82) is 0 Å². The molecule has 0 spiro atoms. The van der Waals surface area contributed by atoms with Crippen LogP contribution in [0.2, 0.25) is 0 Å². The fourth-order valence-electron chi connectivity index (χ4n) is 2.20. The van der Waals surface area contributed by atoms with E-state index >= 15 is 0 Å². The zero-order chi connectivity index (χ0) is 16.2. The van der Waals surface area contributed by atoms with Crippen LogP contribution < -0.4 is 5.32 Å². The van der Waals surface area contributed by atoms with E-state index in [2.05, 4.69) is 15.4 Å². The first kappa shape index (κ1) is 14.8. The van der Waals surface area contributed by atoms with E-state index in [4.69, 9.17) is 0 Å². The number of para-hydroxylation sites is 1. The Bertz CT molecular complexity index is 825. The predicted octanol–water partition coefficient (Wildman–Crippen LogP) is 2.89. The SMILES string of the molecule is Cc1ccc(NCc2cnn(-c3ccccc3C(=O)O)c2)nc1. The lowest BCUT2D eigenvalue weighted by atomic mass is 10.2. The van der Waals surface area contributed by atoms with Gasteiger partial charge in [0.2, 0.25) is 0 Å². The molecule has 0 unspecified atom stereocenters. The zero-order valence-electron chi connectivity index (χ0n) is 12.6. The smallest absolute Gasteiger partial charge is 0.337 e. The number of nitrogens with one attached hydrogen (secondary N) is 1. The summed E-state index contributed by atoms with van der Waals surface area (Å²) in [4.78, 5) is 15.6. The molecule has 2 N–H and O–H groups in total. The molecule has 0 saturated carbocycles. The van der Waals surface area contributed by atoms with Crippen LogP contribution in [0.1, 0.15) is 21.5 Å². The number of carboxylic acids is 1. The van der Waals surface area contributed by atoms with Gasteiger partial charge in [0.1, 0.15) is 5.82 Å². The number of hydrogen-bond acceptors (Lipinski definition) is 4. The van der Waals surface area contributed by atoms with E-state index in [1.54, 1.807) is 41.3 Å². The molecule has 0 atom stereocenters. The van der Waals surface area contributed by atoms with E-state index < -0.39 is 5.97 Å². The number of aromatic carboxylic acids is 1. The molecule has 23 heavy (non-hydrogen) atoms. The summed E-state index contributed by atoms with van der Waals surface area (Å²) in [6.07, 6.45) is 5.32. The summed E-state index contributed by atoms with van der Waals surface area (Å²) in [5.41, 5.74) is 2.80. The molecule has 1 aromatic carbocycles. The van der Waals surface area contributed by atoms with Gasteiger partial charge in [0.15, 0.2) is 0 Å². The fourth-order valence-corrected chi connectivity index (χ4v) is 2.20. The van der Waals surface area contributed by atoms with E-state index in [1.165, 1.54) is 0 Å². The second-order valence-electron chi connectivity index (χ2n) is 5.19. The molecule has 0 bridgehead atoms. The summed E-state index contributed by atoms with van der Waals surface area (Å²) >= 11 is 0. The standard InChI is InChI=1S/C17H16N4O2/c1-12-6-7-16(18-8-12)19-9-13-10-20-21(11-13)15-5-3-2-4-14(15)17(22)23/h2-8,10-11H,9H2,1H3,(H,18,19)(H,22,23). The maximum atomic E-state index is 11.3. The van der Waals surface area contributed by atoms with Crippen molar-refractivity contribution in [2.24, 2.45) is 0 Å². The van der Waals surface area contributed by atoms with E-state index in [0.717, 1.165) is 16.9 Å². The van der Waals surface area contributed by atoms with Gasteiger partial charge in [-0.3, -0.25) is 0 Å². The Morgan fingerprint density at radius 2 is 2.04 bits per heavy atom. The highest BCUT2D eigenvalue weighted by Gasteiger charge is 2.11. The Hall–Kier alpha value is -3.15. The fraction of sp³-hybridized carbons (Fsp3) is 0.118. The van der Waals surface area contributed by atoms with Gasteiger partial charge in [-0.05, 0) is 30.7 Å². The highest BCUT2D eigenvalue weighted by Crippen LogP contribution is 2.15. The summed E-state index contributed by atoms with van der Waals surface area (Å²) in [5.74, 6) is -0.186. The molecule has 116 valence electrons. The van der Waals surface area contributed by atoms with Crippen LogP contribution in [0, 0.1) is 6.92 Å². The highest BCUT2D eigenvalue weighted by molar-refractivity contribution is 5.91. The maximum Gasteiger partial charge on any atom is 0.337 e. The third kappa shape index (κ3) is 3.37. The summed E-state index contributed by atoms with van der Waals surface area (Å²) in [6.45, 7) is 2.55. The molecule has 0 aliphatic rings. The van der Waals surface area contributed by atoms with E-state index in [-0.39, 0.29) is 5.56 Å². The largest absolute Gasteiger partial charge is 0.478 e. The van der Waals surface area contributed by atoms with Crippen molar-refractivity contribution in [2.45, 2.75) is 13.5 Å². The Kier molecular flexibility index (Phi) is 4.05. The molecule has 0 saturated heterocycles. The monoisotopic (exact) mass is 308 g/mol. The molecule has 2 aromatic heterocycles. The van der Waals surface area contributed by atoms with Crippen LogP contribution in [0.3, 0.4) is 0 Å². The highest BCUT2D eigenvalue weighted by atomic mass is 16.4. The first-order chi connectivity index (χ1) is 11.1. The van der Waals surface area contributed by atoms with Crippen molar-refractivity contribution in [3.63, 3.8) is 0 Å². The van der Waals surface area contributed by atoms with Crippen molar-refractivity contribution in [1.82, 2.24) is 14.8 Å². The summed E-state index contributed by atoms with van der Waals surface area (Å²) < 4.78 is 1.57. The molecular weight excluding hydrogens is 292 g/mol. The molecule has 0 aliphatic carbocycles.